The summed E-state index contributed by atoms with van der Waals surface area (Å²) in [6.45, 7) is 0. The molecule has 17 rings (SSSR count). The van der Waals surface area contributed by atoms with Crippen molar-refractivity contribution in [3.63, 3.8) is 0 Å². The molecule has 0 spiro atoms. The molecule has 0 bridgehead atoms. The van der Waals surface area contributed by atoms with Crippen molar-refractivity contribution in [2.24, 2.45) is 0 Å². The Morgan fingerprint density at radius 2 is 0.296 bits per heavy atom. The Kier molecular flexibility index (Phi) is 15.2. The van der Waals surface area contributed by atoms with E-state index in [-0.39, 0.29) is 0 Å². The first-order valence-corrected chi connectivity index (χ1v) is 32.3. The second-order valence-corrected chi connectivity index (χ2v) is 23.4. The van der Waals surface area contributed by atoms with E-state index < -0.39 is 0 Å². The number of nitrogens with zero attached hydrogens (tertiary/aromatic N) is 12. The van der Waals surface area contributed by atoms with Crippen LogP contribution in [0.4, 0.5) is 91.5 Å². The molecule has 98 heavy (non-hydrogen) atoms. The molecule has 1 aliphatic heterocycles. The van der Waals surface area contributed by atoms with Gasteiger partial charge in [0.25, 0.3) is 0 Å². The van der Waals surface area contributed by atoms with E-state index in [2.05, 4.69) is 321 Å². The molecule has 14 heteroatoms. The SMILES string of the molecule is c1ccc(N(c2ccccc2)c2ccc(-c3nc4nc5c(nc4nc3-c3ccc(N(c4ccccc4)c4ccccc4)cc3)Nc3nc4nc(-c6ccc(N(c7ccccc7)c7ccccc7)cc6)c(-c6ccc(N(c7ccccc7)c7ccccc7)cc6)nc4nc3N5)cc2)cc1. The van der Waals surface area contributed by atoms with E-state index in [9.17, 15) is 0 Å². The van der Waals surface area contributed by atoms with Gasteiger partial charge in [0.05, 0.1) is 22.8 Å². The molecule has 0 saturated heterocycles. The van der Waals surface area contributed by atoms with E-state index in [4.69, 9.17) is 39.9 Å². The van der Waals surface area contributed by atoms with Crippen molar-refractivity contribution in [1.82, 2.24) is 39.9 Å². The van der Waals surface area contributed by atoms with Crippen LogP contribution in [0.3, 0.4) is 0 Å². The van der Waals surface area contributed by atoms with E-state index in [1.165, 1.54) is 0 Å². The zero-order chi connectivity index (χ0) is 65.1. The second kappa shape index (κ2) is 25.6. The predicted octanol–water partition coefficient (Wildman–Crippen LogP) is 21.5. The lowest BCUT2D eigenvalue weighted by Gasteiger charge is -2.26. The first-order chi connectivity index (χ1) is 48.6. The fourth-order valence-corrected chi connectivity index (χ4v) is 12.6. The minimum absolute atomic E-state index is 0.333. The van der Waals surface area contributed by atoms with Crippen molar-refractivity contribution in [2.45, 2.75) is 0 Å². The second-order valence-electron chi connectivity index (χ2n) is 23.4. The highest BCUT2D eigenvalue weighted by molar-refractivity contribution is 5.94. The van der Waals surface area contributed by atoms with Gasteiger partial charge in [-0.25, -0.2) is 39.9 Å². The van der Waals surface area contributed by atoms with Gasteiger partial charge in [0.2, 0.25) is 22.6 Å². The Balaban J connectivity index is 0.767. The molecule has 0 aliphatic carbocycles. The highest BCUT2D eigenvalue weighted by Gasteiger charge is 2.27. The van der Waals surface area contributed by atoms with Gasteiger partial charge in [-0.05, 0) is 146 Å². The number of benzene rings is 12. The van der Waals surface area contributed by atoms with Crippen molar-refractivity contribution in [2.75, 3.05) is 30.2 Å². The number of anilines is 16. The minimum atomic E-state index is 0.333. The van der Waals surface area contributed by atoms with Crippen molar-refractivity contribution in [3.05, 3.63) is 340 Å². The highest BCUT2D eigenvalue weighted by atomic mass is 15.3. The van der Waals surface area contributed by atoms with Crippen molar-refractivity contribution in [3.8, 4) is 45.0 Å². The molecule has 5 heterocycles. The summed E-state index contributed by atoms with van der Waals surface area (Å²) in [6, 6.07) is 117. The quantitative estimate of drug-likeness (QED) is 0.0948. The maximum absolute atomic E-state index is 5.37. The first kappa shape index (κ1) is 58.1. The summed E-state index contributed by atoms with van der Waals surface area (Å²) < 4.78 is 0. The number of hydrogen-bond acceptors (Lipinski definition) is 14. The lowest BCUT2D eigenvalue weighted by molar-refractivity contribution is 1.11. The van der Waals surface area contributed by atoms with Crippen molar-refractivity contribution in [1.29, 1.82) is 0 Å². The Morgan fingerprint density at radius 3 is 0.449 bits per heavy atom. The summed E-state index contributed by atoms with van der Waals surface area (Å²) in [4.78, 5) is 51.0. The molecule has 4 aromatic heterocycles. The molecule has 0 fully saturated rings. The molecule has 0 saturated carbocycles. The standard InChI is InChI=1S/C84H58N14/c1-9-25-61(26-10-1)95(62-27-11-2-12-28-62)69-49-41-57(42-50-69)73-74(58-43-51-70(52-44-58)96(63-29-13-3-14-30-63)64-31-15-4-16-32-64)86-78-77(85-73)89-81-82(90-78)94-84-83(93-81)91-79-80(92-84)88-76(60-47-55-72(56-48-60)98(67-37-21-7-22-38-67)68-39-23-8-24-40-68)75(87-79)59-45-53-71(54-46-59)97(65-33-17-5-18-34-65)66-35-19-6-20-36-66/h1-56H,(H,85,87,89,91,93)(H,86,88,90,92,94). The molecular formula is C84H58N14. The lowest BCUT2D eigenvalue weighted by atomic mass is 10.0. The summed E-state index contributed by atoms with van der Waals surface area (Å²) >= 11 is 0. The van der Waals surface area contributed by atoms with Gasteiger partial charge >= 0.3 is 0 Å². The third-order valence-electron chi connectivity index (χ3n) is 17.2. The van der Waals surface area contributed by atoms with E-state index in [0.717, 1.165) is 90.5 Å². The van der Waals surface area contributed by atoms with Crippen LogP contribution in [0.5, 0.6) is 0 Å². The van der Waals surface area contributed by atoms with E-state index in [1.807, 2.05) is 48.5 Å². The van der Waals surface area contributed by atoms with Crippen LogP contribution in [-0.4, -0.2) is 39.9 Å². The molecule has 0 amide bonds. The lowest BCUT2D eigenvalue weighted by Crippen LogP contribution is -2.15. The molecule has 0 atom stereocenters. The van der Waals surface area contributed by atoms with Gasteiger partial charge in [0.1, 0.15) is 0 Å². The number of fused-ring (bicyclic) bond motifs is 4. The maximum atomic E-state index is 5.37. The van der Waals surface area contributed by atoms with E-state index >= 15 is 0 Å². The maximum Gasteiger partial charge on any atom is 0.200 e. The Morgan fingerprint density at radius 1 is 0.153 bits per heavy atom. The van der Waals surface area contributed by atoms with Gasteiger partial charge in [0.15, 0.2) is 23.3 Å². The summed E-state index contributed by atoms with van der Waals surface area (Å²) in [5, 5.41) is 6.92. The van der Waals surface area contributed by atoms with Crippen LogP contribution in [0.15, 0.2) is 340 Å². The molecule has 14 nitrogen and oxygen atoms in total. The minimum Gasteiger partial charge on any atom is -0.319 e. The molecule has 12 aromatic carbocycles. The number of hydrogen-bond donors (Lipinski definition) is 2. The van der Waals surface area contributed by atoms with Gasteiger partial charge < -0.3 is 30.2 Å². The fraction of sp³-hybridized carbons (Fsp3) is 0. The predicted molar refractivity (Wildman–Crippen MR) is 397 cm³/mol. The molecule has 2 N–H and O–H groups in total. The van der Waals surface area contributed by atoms with Crippen LogP contribution in [0.1, 0.15) is 0 Å². The summed E-state index contributed by atoms with van der Waals surface area (Å²) in [5.41, 5.74) is 19.4. The monoisotopic (exact) mass is 1260 g/mol. The zero-order valence-corrected chi connectivity index (χ0v) is 52.7. The average Bonchev–Trinajstić information content (AvgIpc) is 0.751. The van der Waals surface area contributed by atoms with E-state index in [1.54, 1.807) is 0 Å². The molecule has 0 radical (unpaired) electrons. The largest absolute Gasteiger partial charge is 0.319 e. The number of rotatable bonds is 16. The molecule has 16 aromatic rings. The van der Waals surface area contributed by atoms with Crippen LogP contribution < -0.4 is 30.2 Å². The van der Waals surface area contributed by atoms with E-state index in [0.29, 0.717) is 68.6 Å². The summed E-state index contributed by atoms with van der Waals surface area (Å²) in [6.07, 6.45) is 0. The smallest absolute Gasteiger partial charge is 0.200 e. The molecule has 1 aliphatic rings. The fourth-order valence-electron chi connectivity index (χ4n) is 12.6. The normalized spacial score (nSPS) is 11.4. The Labute approximate surface area is 565 Å². The van der Waals surface area contributed by atoms with Crippen LogP contribution >= 0.6 is 0 Å². The third-order valence-corrected chi connectivity index (χ3v) is 17.2. The van der Waals surface area contributed by atoms with Gasteiger partial charge in [-0.3, -0.25) is 0 Å². The van der Waals surface area contributed by atoms with Gasteiger partial charge in [0, 0.05) is 90.5 Å². The first-order valence-electron chi connectivity index (χ1n) is 32.3. The highest BCUT2D eigenvalue weighted by Crippen LogP contribution is 2.44. The number of aromatic nitrogens is 8. The van der Waals surface area contributed by atoms with Crippen LogP contribution in [0.2, 0.25) is 0 Å². The Bertz CT molecular complexity index is 4610. The van der Waals surface area contributed by atoms with Gasteiger partial charge in [-0.2, -0.15) is 0 Å². The number of para-hydroxylation sites is 8. The van der Waals surface area contributed by atoms with Crippen molar-refractivity contribution < 1.29 is 0 Å². The number of nitrogens with one attached hydrogen (secondary N) is 2. The van der Waals surface area contributed by atoms with Crippen LogP contribution in [0.25, 0.3) is 67.6 Å². The molecule has 0 unspecified atom stereocenters. The van der Waals surface area contributed by atoms with Gasteiger partial charge in [-0.15, -0.1) is 0 Å². The summed E-state index contributed by atoms with van der Waals surface area (Å²) in [5.74, 6) is 1.60. The Hall–Kier alpha value is -13.7. The van der Waals surface area contributed by atoms with Gasteiger partial charge in [-0.1, -0.05) is 194 Å². The molecular weight excluding hydrogens is 1210 g/mol. The van der Waals surface area contributed by atoms with Crippen LogP contribution in [0, 0.1) is 0 Å². The topological polar surface area (TPSA) is 140 Å². The zero-order valence-electron chi connectivity index (χ0n) is 52.7. The summed E-state index contributed by atoms with van der Waals surface area (Å²) in [7, 11) is 0. The van der Waals surface area contributed by atoms with Crippen molar-refractivity contribution >= 4 is 114 Å². The third kappa shape index (κ3) is 11.4. The average molecular weight is 1260 g/mol. The van der Waals surface area contributed by atoms with Crippen LogP contribution in [-0.2, 0) is 0 Å². The molecule has 464 valence electrons.